The highest BCUT2D eigenvalue weighted by Crippen LogP contribution is 2.40. The first-order valence-electron chi connectivity index (χ1n) is 11.6. The Kier molecular flexibility index (Phi) is 4.75. The van der Waals surface area contributed by atoms with Gasteiger partial charge in [0.2, 0.25) is 6.41 Å². The first-order chi connectivity index (χ1) is 15.7. The van der Waals surface area contributed by atoms with Crippen LogP contribution in [0.1, 0.15) is 35.7 Å². The van der Waals surface area contributed by atoms with Crippen molar-refractivity contribution < 1.29 is 4.79 Å². The molecule has 1 fully saturated rings. The Morgan fingerprint density at radius 2 is 2.12 bits per heavy atom. The van der Waals surface area contributed by atoms with E-state index in [1.54, 1.807) is 0 Å². The molecule has 2 aromatic heterocycles. The molecule has 166 valence electrons. The van der Waals surface area contributed by atoms with Gasteiger partial charge in [0.1, 0.15) is 0 Å². The zero-order chi connectivity index (χ0) is 21.7. The number of carbonyl (C=O) groups is 1. The van der Waals surface area contributed by atoms with Crippen LogP contribution in [0.25, 0.3) is 11.1 Å². The van der Waals surface area contributed by atoms with Crippen molar-refractivity contribution in [3.63, 3.8) is 0 Å². The Balaban J connectivity index is 1.42. The summed E-state index contributed by atoms with van der Waals surface area (Å²) in [7, 11) is 1.95. The molecule has 0 spiro atoms. The molecule has 1 amide bonds. The molecule has 1 atom stereocenters. The van der Waals surface area contributed by atoms with Gasteiger partial charge in [-0.05, 0) is 49.1 Å². The number of hydrogen-bond acceptors (Lipinski definition) is 5. The van der Waals surface area contributed by atoms with E-state index < -0.39 is 0 Å². The van der Waals surface area contributed by atoms with E-state index in [9.17, 15) is 4.79 Å². The molecule has 32 heavy (non-hydrogen) atoms. The molecule has 3 aromatic rings. The third-order valence-electron chi connectivity index (χ3n) is 7.12. The van der Waals surface area contributed by atoms with Crippen molar-refractivity contribution in [1.82, 2.24) is 29.8 Å². The molecular formula is C24H29N7O. The van der Waals surface area contributed by atoms with Crippen LogP contribution in [-0.2, 0) is 31.2 Å². The van der Waals surface area contributed by atoms with E-state index in [-0.39, 0.29) is 0 Å². The Bertz CT molecular complexity index is 1160. The molecular weight excluding hydrogens is 402 g/mol. The summed E-state index contributed by atoms with van der Waals surface area (Å²) in [5.74, 6) is 1.04. The summed E-state index contributed by atoms with van der Waals surface area (Å²) < 4.78 is 4.11. The molecule has 1 saturated heterocycles. The van der Waals surface area contributed by atoms with Gasteiger partial charge >= 0.3 is 0 Å². The monoisotopic (exact) mass is 431 g/mol. The van der Waals surface area contributed by atoms with Crippen molar-refractivity contribution in [2.75, 3.05) is 31.1 Å². The Hall–Kier alpha value is -3.13. The summed E-state index contributed by atoms with van der Waals surface area (Å²) in [4.78, 5) is 15.8. The van der Waals surface area contributed by atoms with Crippen LogP contribution in [0.5, 0.6) is 0 Å². The van der Waals surface area contributed by atoms with Gasteiger partial charge < -0.3 is 15.1 Å². The van der Waals surface area contributed by atoms with Gasteiger partial charge in [0.15, 0.2) is 5.82 Å². The second-order valence-corrected chi connectivity index (χ2v) is 9.17. The minimum Gasteiger partial charge on any atom is -0.340 e. The van der Waals surface area contributed by atoms with Crippen molar-refractivity contribution >= 4 is 17.9 Å². The lowest BCUT2D eigenvalue weighted by molar-refractivity contribution is -0.118. The lowest BCUT2D eigenvalue weighted by Gasteiger charge is -2.32. The highest BCUT2D eigenvalue weighted by molar-refractivity contribution is 5.74. The fourth-order valence-electron chi connectivity index (χ4n) is 5.47. The van der Waals surface area contributed by atoms with E-state index in [4.69, 9.17) is 5.10 Å². The number of fused-ring (bicyclic) bond motifs is 2. The molecule has 1 aromatic carbocycles. The van der Waals surface area contributed by atoms with Crippen molar-refractivity contribution in [3.8, 4) is 11.1 Å². The first-order valence-corrected chi connectivity index (χ1v) is 11.6. The van der Waals surface area contributed by atoms with Gasteiger partial charge in [-0.3, -0.25) is 14.2 Å². The van der Waals surface area contributed by atoms with E-state index in [1.807, 2.05) is 22.8 Å². The summed E-state index contributed by atoms with van der Waals surface area (Å²) >= 11 is 0. The molecule has 0 bridgehead atoms. The predicted molar refractivity (Wildman–Crippen MR) is 123 cm³/mol. The van der Waals surface area contributed by atoms with E-state index in [0.717, 1.165) is 69.7 Å². The topological polar surface area (TPSA) is 71.2 Å². The molecule has 3 aliphatic heterocycles. The fourth-order valence-corrected chi connectivity index (χ4v) is 5.47. The maximum Gasteiger partial charge on any atom is 0.210 e. The smallest absolute Gasteiger partial charge is 0.210 e. The zero-order valence-corrected chi connectivity index (χ0v) is 18.5. The van der Waals surface area contributed by atoms with Gasteiger partial charge in [0, 0.05) is 61.8 Å². The van der Waals surface area contributed by atoms with Crippen LogP contribution in [0.4, 0.5) is 11.5 Å². The number of rotatable bonds is 4. The number of benzene rings is 1. The number of hydrogen-bond donors (Lipinski definition) is 1. The average Bonchev–Trinajstić information content (AvgIpc) is 3.57. The number of amides is 1. The summed E-state index contributed by atoms with van der Waals surface area (Å²) in [6.07, 6.45) is 9.09. The number of aryl methyl sites for hydroxylation is 2. The van der Waals surface area contributed by atoms with Crippen LogP contribution in [0.15, 0.2) is 30.6 Å². The molecule has 1 N–H and O–H groups in total. The number of anilines is 2. The maximum atomic E-state index is 11.6. The summed E-state index contributed by atoms with van der Waals surface area (Å²) in [6.45, 7) is 4.38. The van der Waals surface area contributed by atoms with Crippen molar-refractivity contribution in [2.24, 2.45) is 7.05 Å². The van der Waals surface area contributed by atoms with Gasteiger partial charge in [0.25, 0.3) is 0 Å². The maximum absolute atomic E-state index is 11.6. The highest BCUT2D eigenvalue weighted by Gasteiger charge is 2.32. The molecule has 8 heteroatoms. The zero-order valence-electron chi connectivity index (χ0n) is 18.5. The molecule has 8 nitrogen and oxygen atoms in total. The van der Waals surface area contributed by atoms with Crippen LogP contribution in [0.3, 0.4) is 0 Å². The molecule has 6 rings (SSSR count). The summed E-state index contributed by atoms with van der Waals surface area (Å²) in [5.41, 5.74) is 7.47. The van der Waals surface area contributed by atoms with Crippen LogP contribution < -0.4 is 10.2 Å². The number of carbonyl (C=O) groups excluding carboxylic acids is 1. The summed E-state index contributed by atoms with van der Waals surface area (Å²) in [6, 6.07) is 7.13. The van der Waals surface area contributed by atoms with Crippen LogP contribution in [-0.4, -0.2) is 57.1 Å². The van der Waals surface area contributed by atoms with E-state index in [0.29, 0.717) is 12.6 Å². The van der Waals surface area contributed by atoms with Gasteiger partial charge in [-0.25, -0.2) is 0 Å². The van der Waals surface area contributed by atoms with Gasteiger partial charge in [0.05, 0.1) is 18.8 Å². The van der Waals surface area contributed by atoms with Crippen molar-refractivity contribution in [2.45, 2.75) is 38.3 Å². The predicted octanol–water partition coefficient (Wildman–Crippen LogP) is 2.42. The fraction of sp³-hybridized carbons (Fsp3) is 0.458. The molecule has 0 saturated carbocycles. The third-order valence-corrected chi connectivity index (χ3v) is 7.12. The van der Waals surface area contributed by atoms with Crippen LogP contribution in [0, 0.1) is 0 Å². The number of aromatic nitrogens is 4. The molecule has 5 heterocycles. The first kappa shape index (κ1) is 19.5. The molecule has 0 aliphatic carbocycles. The van der Waals surface area contributed by atoms with E-state index >= 15 is 0 Å². The van der Waals surface area contributed by atoms with Crippen molar-refractivity contribution in [3.05, 3.63) is 47.4 Å². The quantitative estimate of drug-likeness (QED) is 0.643. The minimum atomic E-state index is 0.400. The minimum absolute atomic E-state index is 0.400. The third kappa shape index (κ3) is 3.21. The second kappa shape index (κ2) is 7.78. The number of nitrogens with zero attached hydrogens (tertiary/aromatic N) is 6. The van der Waals surface area contributed by atoms with Gasteiger partial charge in [-0.1, -0.05) is 6.07 Å². The Morgan fingerprint density at radius 1 is 1.19 bits per heavy atom. The van der Waals surface area contributed by atoms with E-state index in [1.165, 1.54) is 28.1 Å². The SMILES string of the molecule is Cn1cc(-c2ccc3c(c2)CCCN3c2nn(C3CCNC3)c3c2CN(C=O)CC3)cn1. The van der Waals surface area contributed by atoms with Gasteiger partial charge in [-0.15, -0.1) is 0 Å². The Morgan fingerprint density at radius 3 is 2.91 bits per heavy atom. The van der Waals surface area contributed by atoms with E-state index in [2.05, 4.69) is 44.4 Å². The normalized spacial score (nSPS) is 20.3. The van der Waals surface area contributed by atoms with Crippen LogP contribution in [0.2, 0.25) is 0 Å². The highest BCUT2D eigenvalue weighted by atomic mass is 16.1. The second-order valence-electron chi connectivity index (χ2n) is 9.17. The standard InChI is InChI=1S/C24H29N7O/c1-28-14-19(12-26-28)17-4-5-22-18(11-17)3-2-9-30(22)24-21-15-29(16-32)10-7-23(21)31(27-24)20-6-8-25-13-20/h4-5,11-12,14,16,20,25H,2-3,6-10,13,15H2,1H3. The lowest BCUT2D eigenvalue weighted by Crippen LogP contribution is -2.32. The largest absolute Gasteiger partial charge is 0.340 e. The van der Waals surface area contributed by atoms with Crippen molar-refractivity contribution in [1.29, 1.82) is 0 Å². The molecule has 3 aliphatic rings. The molecule has 0 radical (unpaired) electrons. The van der Waals surface area contributed by atoms with Crippen LogP contribution >= 0.6 is 0 Å². The molecule has 1 unspecified atom stereocenters. The number of nitrogens with one attached hydrogen (secondary N) is 1. The Labute approximate surface area is 187 Å². The average molecular weight is 432 g/mol. The summed E-state index contributed by atoms with van der Waals surface area (Å²) in [5, 5.41) is 13.0. The van der Waals surface area contributed by atoms with Gasteiger partial charge in [-0.2, -0.15) is 10.2 Å². The lowest BCUT2D eigenvalue weighted by atomic mass is 9.96.